The van der Waals surface area contributed by atoms with Gasteiger partial charge in [0.15, 0.2) is 0 Å². The second-order valence-electron chi connectivity index (χ2n) is 6.16. The molecule has 2 atom stereocenters. The van der Waals surface area contributed by atoms with Crippen LogP contribution < -0.4 is 10.1 Å². The fourth-order valence-electron chi connectivity index (χ4n) is 1.98. The van der Waals surface area contributed by atoms with Gasteiger partial charge in [-0.15, -0.1) is 0 Å². The molecule has 0 radical (unpaired) electrons. The Labute approximate surface area is 133 Å². The van der Waals surface area contributed by atoms with E-state index in [-0.39, 0.29) is 6.61 Å². The van der Waals surface area contributed by atoms with Gasteiger partial charge in [-0.2, -0.15) is 0 Å². The molecule has 2 N–H and O–H groups in total. The fraction of sp³-hybridized carbons (Fsp3) is 0.647. The Balaban J connectivity index is 2.24. The van der Waals surface area contributed by atoms with Crippen molar-refractivity contribution in [1.29, 1.82) is 0 Å². The summed E-state index contributed by atoms with van der Waals surface area (Å²) in [4.78, 5) is 0. The van der Waals surface area contributed by atoms with Crippen molar-refractivity contribution in [3.63, 3.8) is 0 Å². The summed E-state index contributed by atoms with van der Waals surface area (Å²) in [5.41, 5.74) is 0.976. The van der Waals surface area contributed by atoms with Crippen LogP contribution in [0.1, 0.15) is 39.2 Å². The van der Waals surface area contributed by atoms with E-state index in [0.717, 1.165) is 28.7 Å². The smallest absolute Gasteiger partial charge is 0.119 e. The standard InChI is InChI=1S/C17H28ClNO2/c1-12(2)5-6-14(4)19-10-15(20)11-21-16-7-8-17(18)13(3)9-16/h7-9,12,14-15,19-20H,5-6,10-11H2,1-4H3. The Bertz CT molecular complexity index is 423. The van der Waals surface area contributed by atoms with Crippen LogP contribution in [0, 0.1) is 12.8 Å². The average molecular weight is 314 g/mol. The lowest BCUT2D eigenvalue weighted by atomic mass is 10.0. The van der Waals surface area contributed by atoms with E-state index in [1.54, 1.807) is 0 Å². The monoisotopic (exact) mass is 313 g/mol. The van der Waals surface area contributed by atoms with Crippen LogP contribution in [0.2, 0.25) is 5.02 Å². The van der Waals surface area contributed by atoms with E-state index in [2.05, 4.69) is 26.1 Å². The van der Waals surface area contributed by atoms with Crippen molar-refractivity contribution in [3.05, 3.63) is 28.8 Å². The quantitative estimate of drug-likeness (QED) is 0.728. The van der Waals surface area contributed by atoms with E-state index < -0.39 is 6.10 Å². The maximum Gasteiger partial charge on any atom is 0.119 e. The molecule has 0 saturated carbocycles. The fourth-order valence-corrected chi connectivity index (χ4v) is 2.10. The Morgan fingerprint density at radius 2 is 1.95 bits per heavy atom. The number of nitrogens with one attached hydrogen (secondary N) is 1. The van der Waals surface area contributed by atoms with Crippen LogP contribution >= 0.6 is 11.6 Å². The highest BCUT2D eigenvalue weighted by molar-refractivity contribution is 6.31. The topological polar surface area (TPSA) is 41.5 Å². The van der Waals surface area contributed by atoms with Crippen LogP contribution in [0.25, 0.3) is 0 Å². The molecule has 0 aliphatic carbocycles. The molecule has 0 aliphatic rings. The number of aliphatic hydroxyl groups excluding tert-OH is 1. The summed E-state index contributed by atoms with van der Waals surface area (Å²) in [6, 6.07) is 5.93. The summed E-state index contributed by atoms with van der Waals surface area (Å²) >= 11 is 5.96. The van der Waals surface area contributed by atoms with Gasteiger partial charge >= 0.3 is 0 Å². The molecule has 1 aromatic carbocycles. The van der Waals surface area contributed by atoms with Gasteiger partial charge in [0.25, 0.3) is 0 Å². The molecule has 2 unspecified atom stereocenters. The Kier molecular flexibility index (Phi) is 8.09. The number of halogens is 1. The zero-order valence-electron chi connectivity index (χ0n) is 13.5. The second-order valence-corrected chi connectivity index (χ2v) is 6.56. The number of rotatable bonds is 9. The zero-order chi connectivity index (χ0) is 15.8. The number of hydrogen-bond acceptors (Lipinski definition) is 3. The minimum Gasteiger partial charge on any atom is -0.491 e. The van der Waals surface area contributed by atoms with Crippen molar-refractivity contribution in [2.45, 2.75) is 52.7 Å². The van der Waals surface area contributed by atoms with Crippen LogP contribution in [-0.4, -0.2) is 30.4 Å². The summed E-state index contributed by atoms with van der Waals surface area (Å²) in [6.07, 6.45) is 1.81. The first-order valence-corrected chi connectivity index (χ1v) is 8.06. The summed E-state index contributed by atoms with van der Waals surface area (Å²) in [6.45, 7) is 9.37. The van der Waals surface area contributed by atoms with Crippen molar-refractivity contribution < 1.29 is 9.84 Å². The second kappa shape index (κ2) is 9.29. The first-order chi connectivity index (χ1) is 9.88. The maximum absolute atomic E-state index is 9.95. The lowest BCUT2D eigenvalue weighted by Crippen LogP contribution is -2.36. The Morgan fingerprint density at radius 1 is 1.24 bits per heavy atom. The number of aliphatic hydroxyl groups is 1. The van der Waals surface area contributed by atoms with Gasteiger partial charge in [0.2, 0.25) is 0 Å². The van der Waals surface area contributed by atoms with E-state index in [9.17, 15) is 5.11 Å². The molecule has 1 aromatic rings. The van der Waals surface area contributed by atoms with Gasteiger partial charge < -0.3 is 15.2 Å². The largest absolute Gasteiger partial charge is 0.491 e. The molecular weight excluding hydrogens is 286 g/mol. The Morgan fingerprint density at radius 3 is 2.57 bits per heavy atom. The summed E-state index contributed by atoms with van der Waals surface area (Å²) in [5.74, 6) is 1.46. The minimum atomic E-state index is -0.512. The molecule has 21 heavy (non-hydrogen) atoms. The van der Waals surface area contributed by atoms with E-state index in [1.807, 2.05) is 25.1 Å². The van der Waals surface area contributed by atoms with Gasteiger partial charge in [0.05, 0.1) is 0 Å². The summed E-state index contributed by atoms with van der Waals surface area (Å²) < 4.78 is 5.59. The molecule has 0 amide bonds. The third kappa shape index (κ3) is 7.70. The lowest BCUT2D eigenvalue weighted by molar-refractivity contribution is 0.103. The number of aryl methyl sites for hydroxylation is 1. The van der Waals surface area contributed by atoms with Crippen molar-refractivity contribution in [1.82, 2.24) is 5.32 Å². The van der Waals surface area contributed by atoms with Crippen LogP contribution in [0.3, 0.4) is 0 Å². The highest BCUT2D eigenvalue weighted by Crippen LogP contribution is 2.21. The average Bonchev–Trinajstić information content (AvgIpc) is 2.44. The molecular formula is C17H28ClNO2. The summed E-state index contributed by atoms with van der Waals surface area (Å²) in [5, 5.41) is 14.0. The molecule has 1 rings (SSSR count). The van der Waals surface area contributed by atoms with Crippen molar-refractivity contribution in [3.8, 4) is 5.75 Å². The van der Waals surface area contributed by atoms with Crippen LogP contribution in [0.15, 0.2) is 18.2 Å². The molecule has 0 bridgehead atoms. The normalized spacial score (nSPS) is 14.2. The van der Waals surface area contributed by atoms with E-state index in [0.29, 0.717) is 12.6 Å². The van der Waals surface area contributed by atoms with Gasteiger partial charge in [-0.3, -0.25) is 0 Å². The molecule has 4 heteroatoms. The van der Waals surface area contributed by atoms with Gasteiger partial charge in [-0.1, -0.05) is 25.4 Å². The third-order valence-electron chi connectivity index (χ3n) is 3.45. The molecule has 3 nitrogen and oxygen atoms in total. The van der Waals surface area contributed by atoms with E-state index in [4.69, 9.17) is 16.3 Å². The molecule has 0 aromatic heterocycles. The SMILES string of the molecule is Cc1cc(OCC(O)CNC(C)CCC(C)C)ccc1Cl. The third-order valence-corrected chi connectivity index (χ3v) is 3.87. The zero-order valence-corrected chi connectivity index (χ0v) is 14.3. The van der Waals surface area contributed by atoms with Crippen LogP contribution in [0.4, 0.5) is 0 Å². The first-order valence-electron chi connectivity index (χ1n) is 7.69. The van der Waals surface area contributed by atoms with Gasteiger partial charge in [-0.05, 0) is 56.4 Å². The predicted octanol–water partition coefficient (Wildman–Crippen LogP) is 3.80. The Hall–Kier alpha value is -0.770. The molecule has 0 spiro atoms. The molecule has 0 saturated heterocycles. The number of ether oxygens (including phenoxy) is 1. The van der Waals surface area contributed by atoms with Crippen LogP contribution in [0.5, 0.6) is 5.75 Å². The van der Waals surface area contributed by atoms with Crippen molar-refractivity contribution >= 4 is 11.6 Å². The van der Waals surface area contributed by atoms with Crippen LogP contribution in [-0.2, 0) is 0 Å². The van der Waals surface area contributed by atoms with Crippen molar-refractivity contribution in [2.75, 3.05) is 13.2 Å². The highest BCUT2D eigenvalue weighted by Gasteiger charge is 2.09. The predicted molar refractivity (Wildman–Crippen MR) is 89.2 cm³/mol. The van der Waals surface area contributed by atoms with Crippen molar-refractivity contribution in [2.24, 2.45) is 5.92 Å². The molecule has 0 heterocycles. The number of benzene rings is 1. The maximum atomic E-state index is 9.95. The molecule has 120 valence electrons. The van der Waals surface area contributed by atoms with Gasteiger partial charge in [0.1, 0.15) is 18.5 Å². The first kappa shape index (κ1) is 18.3. The molecule has 0 aliphatic heterocycles. The minimum absolute atomic E-state index is 0.283. The van der Waals surface area contributed by atoms with Gasteiger partial charge in [0, 0.05) is 17.6 Å². The van der Waals surface area contributed by atoms with E-state index in [1.165, 1.54) is 6.42 Å². The lowest BCUT2D eigenvalue weighted by Gasteiger charge is -2.18. The highest BCUT2D eigenvalue weighted by atomic mass is 35.5. The van der Waals surface area contributed by atoms with Gasteiger partial charge in [-0.25, -0.2) is 0 Å². The summed E-state index contributed by atoms with van der Waals surface area (Å²) in [7, 11) is 0. The van der Waals surface area contributed by atoms with E-state index >= 15 is 0 Å². The molecule has 0 fully saturated rings. The number of hydrogen-bond donors (Lipinski definition) is 2.